The van der Waals surface area contributed by atoms with Crippen LogP contribution in [-0.2, 0) is 19.6 Å². The van der Waals surface area contributed by atoms with Crippen LogP contribution in [0.3, 0.4) is 0 Å². The topological polar surface area (TPSA) is 30.5 Å². The first-order valence-corrected chi connectivity index (χ1v) is 9.45. The van der Waals surface area contributed by atoms with Crippen molar-refractivity contribution in [1.82, 2.24) is 5.32 Å². The molecule has 3 aromatic rings. The van der Waals surface area contributed by atoms with Crippen LogP contribution >= 0.6 is 0 Å². The summed E-state index contributed by atoms with van der Waals surface area (Å²) in [4.78, 5) is 0. The summed E-state index contributed by atoms with van der Waals surface area (Å²) >= 11 is 0. The molecule has 4 heteroatoms. The van der Waals surface area contributed by atoms with Crippen LogP contribution in [0.4, 0.5) is 4.39 Å². The van der Waals surface area contributed by atoms with Gasteiger partial charge in [-0.1, -0.05) is 54.1 Å². The van der Waals surface area contributed by atoms with Crippen molar-refractivity contribution in [2.45, 2.75) is 26.5 Å². The van der Waals surface area contributed by atoms with Crippen molar-refractivity contribution in [2.24, 2.45) is 0 Å². The Morgan fingerprint density at radius 1 is 0.893 bits per heavy atom. The lowest BCUT2D eigenvalue weighted by Crippen LogP contribution is -2.17. The van der Waals surface area contributed by atoms with Crippen LogP contribution in [-0.4, -0.2) is 13.7 Å². The molecular weight excluding hydrogens is 353 g/mol. The van der Waals surface area contributed by atoms with Gasteiger partial charge in [-0.25, -0.2) is 4.39 Å². The molecule has 3 rings (SSSR count). The van der Waals surface area contributed by atoms with Gasteiger partial charge in [-0.3, -0.25) is 0 Å². The summed E-state index contributed by atoms with van der Waals surface area (Å²) < 4.78 is 24.6. The van der Waals surface area contributed by atoms with E-state index in [9.17, 15) is 4.39 Å². The highest BCUT2D eigenvalue weighted by molar-refractivity contribution is 5.46. The smallest absolute Gasteiger partial charge is 0.166 e. The highest BCUT2D eigenvalue weighted by Crippen LogP contribution is 2.31. The van der Waals surface area contributed by atoms with Gasteiger partial charge >= 0.3 is 0 Å². The largest absolute Gasteiger partial charge is 0.493 e. The first kappa shape index (κ1) is 19.9. The Balaban J connectivity index is 1.60. The van der Waals surface area contributed by atoms with Crippen LogP contribution in [0.15, 0.2) is 66.7 Å². The monoisotopic (exact) mass is 379 g/mol. The SMILES string of the molecule is COc1cccc(CNCCc2ccc(F)cc2)c1OCc1ccc(C)cc1. The van der Waals surface area contributed by atoms with E-state index < -0.39 is 0 Å². The minimum absolute atomic E-state index is 0.205. The molecule has 3 nitrogen and oxygen atoms in total. The van der Waals surface area contributed by atoms with Gasteiger partial charge in [0.25, 0.3) is 0 Å². The minimum Gasteiger partial charge on any atom is -0.493 e. The molecule has 0 radical (unpaired) electrons. The van der Waals surface area contributed by atoms with Crippen molar-refractivity contribution in [1.29, 1.82) is 0 Å². The van der Waals surface area contributed by atoms with E-state index in [0.29, 0.717) is 13.2 Å². The summed E-state index contributed by atoms with van der Waals surface area (Å²) in [5.41, 5.74) is 4.50. The molecule has 0 spiro atoms. The van der Waals surface area contributed by atoms with Gasteiger partial charge in [0.1, 0.15) is 12.4 Å². The quantitative estimate of drug-likeness (QED) is 0.528. The molecule has 0 atom stereocenters. The zero-order chi connectivity index (χ0) is 19.8. The van der Waals surface area contributed by atoms with Crippen LogP contribution in [0.1, 0.15) is 22.3 Å². The highest BCUT2D eigenvalue weighted by Gasteiger charge is 2.11. The third-order valence-electron chi connectivity index (χ3n) is 4.60. The molecule has 146 valence electrons. The Morgan fingerprint density at radius 2 is 1.61 bits per heavy atom. The number of rotatable bonds is 9. The molecule has 0 amide bonds. The molecule has 3 aromatic carbocycles. The molecule has 0 aliphatic heterocycles. The average molecular weight is 379 g/mol. The van der Waals surface area contributed by atoms with Crippen molar-refractivity contribution < 1.29 is 13.9 Å². The Labute approximate surface area is 166 Å². The number of para-hydroxylation sites is 1. The number of aryl methyl sites for hydroxylation is 1. The van der Waals surface area contributed by atoms with Crippen molar-refractivity contribution in [3.8, 4) is 11.5 Å². The van der Waals surface area contributed by atoms with E-state index in [-0.39, 0.29) is 5.82 Å². The van der Waals surface area contributed by atoms with Gasteiger partial charge < -0.3 is 14.8 Å². The first-order chi connectivity index (χ1) is 13.7. The molecule has 1 N–H and O–H groups in total. The Hall–Kier alpha value is -2.85. The molecule has 0 saturated carbocycles. The van der Waals surface area contributed by atoms with Gasteiger partial charge in [-0.05, 0) is 49.2 Å². The molecule has 0 saturated heterocycles. The van der Waals surface area contributed by atoms with E-state index in [1.165, 1.54) is 17.7 Å². The number of hydrogen-bond acceptors (Lipinski definition) is 3. The van der Waals surface area contributed by atoms with E-state index in [4.69, 9.17) is 9.47 Å². The standard InChI is InChI=1S/C24H26FNO2/c1-18-6-8-20(9-7-18)17-28-24-21(4-3-5-23(24)27-2)16-26-15-14-19-10-12-22(25)13-11-19/h3-13,26H,14-17H2,1-2H3. The maximum atomic E-state index is 13.0. The summed E-state index contributed by atoms with van der Waals surface area (Å²) in [5.74, 6) is 1.29. The summed E-state index contributed by atoms with van der Waals surface area (Å²) in [6.07, 6.45) is 0.837. The van der Waals surface area contributed by atoms with E-state index in [0.717, 1.165) is 41.2 Å². The maximum Gasteiger partial charge on any atom is 0.166 e. The predicted molar refractivity (Wildman–Crippen MR) is 110 cm³/mol. The summed E-state index contributed by atoms with van der Waals surface area (Å²) in [6.45, 7) is 4.02. The van der Waals surface area contributed by atoms with Crippen LogP contribution in [0.5, 0.6) is 11.5 Å². The molecule has 0 fully saturated rings. The molecule has 0 aromatic heterocycles. The minimum atomic E-state index is -0.205. The zero-order valence-electron chi connectivity index (χ0n) is 16.4. The molecule has 0 unspecified atom stereocenters. The second-order valence-corrected chi connectivity index (χ2v) is 6.78. The van der Waals surface area contributed by atoms with Crippen LogP contribution in [0, 0.1) is 12.7 Å². The van der Waals surface area contributed by atoms with Gasteiger partial charge in [-0.15, -0.1) is 0 Å². The lowest BCUT2D eigenvalue weighted by molar-refractivity contribution is 0.280. The third kappa shape index (κ3) is 5.57. The predicted octanol–water partition coefficient (Wildman–Crippen LogP) is 5.05. The fourth-order valence-corrected chi connectivity index (χ4v) is 2.97. The normalized spacial score (nSPS) is 10.7. The van der Waals surface area contributed by atoms with E-state index in [1.54, 1.807) is 7.11 Å². The zero-order valence-corrected chi connectivity index (χ0v) is 16.4. The van der Waals surface area contributed by atoms with Crippen molar-refractivity contribution >= 4 is 0 Å². The van der Waals surface area contributed by atoms with Crippen LogP contribution < -0.4 is 14.8 Å². The Morgan fingerprint density at radius 3 is 2.32 bits per heavy atom. The van der Waals surface area contributed by atoms with Crippen molar-refractivity contribution in [3.63, 3.8) is 0 Å². The molecule has 0 aliphatic rings. The molecule has 0 heterocycles. The lowest BCUT2D eigenvalue weighted by Gasteiger charge is -2.16. The van der Waals surface area contributed by atoms with Gasteiger partial charge in [0.2, 0.25) is 0 Å². The fraction of sp³-hybridized carbons (Fsp3) is 0.250. The first-order valence-electron chi connectivity index (χ1n) is 9.45. The lowest BCUT2D eigenvalue weighted by atomic mass is 10.1. The summed E-state index contributed by atoms with van der Waals surface area (Å²) in [7, 11) is 1.65. The number of hydrogen-bond donors (Lipinski definition) is 1. The molecule has 0 bridgehead atoms. The number of nitrogens with one attached hydrogen (secondary N) is 1. The van der Waals surface area contributed by atoms with Gasteiger partial charge in [0, 0.05) is 12.1 Å². The number of benzene rings is 3. The Bertz CT molecular complexity index is 876. The van der Waals surface area contributed by atoms with Crippen molar-refractivity contribution in [3.05, 3.63) is 94.8 Å². The average Bonchev–Trinajstić information content (AvgIpc) is 2.72. The van der Waals surface area contributed by atoms with E-state index >= 15 is 0 Å². The molecule has 28 heavy (non-hydrogen) atoms. The van der Waals surface area contributed by atoms with Crippen LogP contribution in [0.25, 0.3) is 0 Å². The van der Waals surface area contributed by atoms with Gasteiger partial charge in [0.05, 0.1) is 7.11 Å². The number of methoxy groups -OCH3 is 1. The fourth-order valence-electron chi connectivity index (χ4n) is 2.97. The number of ether oxygens (including phenoxy) is 2. The second-order valence-electron chi connectivity index (χ2n) is 6.78. The highest BCUT2D eigenvalue weighted by atomic mass is 19.1. The summed E-state index contributed by atoms with van der Waals surface area (Å²) in [6, 6.07) is 20.9. The third-order valence-corrected chi connectivity index (χ3v) is 4.60. The molecule has 0 aliphatic carbocycles. The van der Waals surface area contributed by atoms with Gasteiger partial charge in [-0.2, -0.15) is 0 Å². The molecular formula is C24H26FNO2. The Kier molecular flexibility index (Phi) is 7.04. The van der Waals surface area contributed by atoms with Crippen LogP contribution in [0.2, 0.25) is 0 Å². The number of halogens is 1. The van der Waals surface area contributed by atoms with E-state index in [2.05, 4.69) is 36.5 Å². The van der Waals surface area contributed by atoms with Gasteiger partial charge in [0.15, 0.2) is 11.5 Å². The van der Waals surface area contributed by atoms with Crippen molar-refractivity contribution in [2.75, 3.05) is 13.7 Å². The summed E-state index contributed by atoms with van der Waals surface area (Å²) in [5, 5.41) is 3.43. The maximum absolute atomic E-state index is 13.0. The second kappa shape index (κ2) is 9.90. The van der Waals surface area contributed by atoms with E-state index in [1.807, 2.05) is 30.3 Å².